The molecule has 250 valence electrons. The third kappa shape index (κ3) is 4.12. The summed E-state index contributed by atoms with van der Waals surface area (Å²) in [6.07, 6.45) is 0. The van der Waals surface area contributed by atoms with E-state index in [1.807, 2.05) is 0 Å². The highest BCUT2D eigenvalue weighted by Crippen LogP contribution is 2.62. The Morgan fingerprint density at radius 2 is 0.962 bits per heavy atom. The van der Waals surface area contributed by atoms with Crippen LogP contribution in [0.25, 0.3) is 66.7 Å². The summed E-state index contributed by atoms with van der Waals surface area (Å²) < 4.78 is 6.92. The first-order valence-corrected chi connectivity index (χ1v) is 18.5. The number of hydrogen-bond donors (Lipinski definition) is 0. The van der Waals surface area contributed by atoms with Gasteiger partial charge in [0, 0.05) is 27.3 Å². The van der Waals surface area contributed by atoms with Crippen molar-refractivity contribution in [3.8, 4) is 44.8 Å². The van der Waals surface area contributed by atoms with Gasteiger partial charge in [0.15, 0.2) is 0 Å². The largest absolute Gasteiger partial charge is 0.456 e. The van der Waals surface area contributed by atoms with Crippen molar-refractivity contribution in [3.63, 3.8) is 0 Å². The van der Waals surface area contributed by atoms with Gasteiger partial charge in [-0.15, -0.1) is 0 Å². The fourth-order valence-electron chi connectivity index (χ4n) is 9.60. The van der Waals surface area contributed by atoms with Crippen LogP contribution in [0.4, 0.5) is 0 Å². The van der Waals surface area contributed by atoms with Crippen molar-refractivity contribution in [1.29, 1.82) is 0 Å². The quantitative estimate of drug-likeness (QED) is 0.186. The molecule has 7 aromatic carbocycles. The smallest absolute Gasteiger partial charge is 0.136 e. The molecule has 2 nitrogen and oxygen atoms in total. The van der Waals surface area contributed by atoms with E-state index in [-0.39, 0.29) is 5.41 Å². The first-order chi connectivity index (χ1) is 26.0. The Bertz CT molecular complexity index is 2810. The Labute approximate surface area is 309 Å². The lowest BCUT2D eigenvalue weighted by atomic mass is 9.55. The molecular formula is C51H35NO. The molecule has 0 amide bonds. The molecule has 11 rings (SSSR count). The second-order valence-electron chi connectivity index (χ2n) is 15.0. The number of benzene rings is 7. The van der Waals surface area contributed by atoms with Crippen LogP contribution < -0.4 is 0 Å². The summed E-state index contributed by atoms with van der Waals surface area (Å²) in [6.45, 7) is 4.77. The first kappa shape index (κ1) is 30.1. The molecule has 1 spiro atoms. The van der Waals surface area contributed by atoms with Crippen LogP contribution in [0.2, 0.25) is 0 Å². The average molecular weight is 678 g/mol. The van der Waals surface area contributed by atoms with Gasteiger partial charge in [-0.1, -0.05) is 159 Å². The molecule has 0 saturated carbocycles. The Morgan fingerprint density at radius 1 is 0.396 bits per heavy atom. The van der Waals surface area contributed by atoms with Gasteiger partial charge < -0.3 is 4.42 Å². The van der Waals surface area contributed by atoms with Gasteiger partial charge in [0.2, 0.25) is 0 Å². The highest BCUT2D eigenvalue weighted by atomic mass is 16.3. The molecule has 0 atom stereocenters. The molecule has 2 aliphatic rings. The van der Waals surface area contributed by atoms with Crippen LogP contribution in [0.15, 0.2) is 180 Å². The van der Waals surface area contributed by atoms with Crippen molar-refractivity contribution < 1.29 is 4.42 Å². The molecule has 0 fully saturated rings. The van der Waals surface area contributed by atoms with E-state index in [9.17, 15) is 0 Å². The Balaban J connectivity index is 1.22. The van der Waals surface area contributed by atoms with Gasteiger partial charge in [0.1, 0.15) is 11.2 Å². The van der Waals surface area contributed by atoms with Crippen LogP contribution in [0, 0.1) is 0 Å². The van der Waals surface area contributed by atoms with Crippen molar-refractivity contribution in [1.82, 2.24) is 4.98 Å². The highest BCUT2D eigenvalue weighted by molar-refractivity contribution is 6.13. The summed E-state index contributed by atoms with van der Waals surface area (Å²) in [5.74, 6) is 0. The summed E-state index contributed by atoms with van der Waals surface area (Å²) in [5, 5.41) is 2.21. The van der Waals surface area contributed by atoms with Crippen molar-refractivity contribution in [2.45, 2.75) is 24.7 Å². The van der Waals surface area contributed by atoms with E-state index >= 15 is 0 Å². The van der Waals surface area contributed by atoms with E-state index in [2.05, 4.69) is 190 Å². The predicted octanol–water partition coefficient (Wildman–Crippen LogP) is 13.0. The standard InChI is InChI=1S/C51H35NO/c1-50(2)41-25-13-14-26-42(41)51(39-23-11-9-20-35(39)36-21-10-12-24-40(36)51)44-31-48-38(30-43(44)50)49-37(22-15-27-47(49)53-48)46-29-34(32-16-5-3-6-17-32)28-45(52-46)33-18-7-4-8-19-33/h3-31H,1-2H3. The van der Waals surface area contributed by atoms with Gasteiger partial charge in [-0.3, -0.25) is 0 Å². The summed E-state index contributed by atoms with van der Waals surface area (Å²) in [4.78, 5) is 5.35. The molecule has 0 aliphatic heterocycles. The molecule has 0 radical (unpaired) electrons. The van der Waals surface area contributed by atoms with Crippen LogP contribution in [-0.4, -0.2) is 4.98 Å². The minimum absolute atomic E-state index is 0.262. The Kier molecular flexibility index (Phi) is 6.25. The number of furan rings is 1. The second-order valence-corrected chi connectivity index (χ2v) is 15.0. The lowest BCUT2D eigenvalue weighted by molar-refractivity contribution is 0.562. The van der Waals surface area contributed by atoms with E-state index in [0.29, 0.717) is 0 Å². The van der Waals surface area contributed by atoms with E-state index < -0.39 is 5.41 Å². The number of nitrogens with zero attached hydrogens (tertiary/aromatic N) is 1. The third-order valence-corrected chi connectivity index (χ3v) is 11.9. The third-order valence-electron chi connectivity index (χ3n) is 11.9. The molecule has 2 aliphatic carbocycles. The minimum atomic E-state index is -0.471. The monoisotopic (exact) mass is 677 g/mol. The normalized spacial score (nSPS) is 14.5. The molecule has 53 heavy (non-hydrogen) atoms. The zero-order chi connectivity index (χ0) is 35.3. The van der Waals surface area contributed by atoms with Crippen molar-refractivity contribution in [2.24, 2.45) is 0 Å². The molecule has 2 heterocycles. The molecular weight excluding hydrogens is 643 g/mol. The van der Waals surface area contributed by atoms with Gasteiger partial charge in [-0.2, -0.15) is 0 Å². The van der Waals surface area contributed by atoms with E-state index in [1.54, 1.807) is 0 Å². The lowest BCUT2D eigenvalue weighted by Gasteiger charge is -2.46. The topological polar surface area (TPSA) is 26.0 Å². The number of rotatable bonds is 3. The summed E-state index contributed by atoms with van der Waals surface area (Å²) >= 11 is 0. The van der Waals surface area contributed by atoms with E-state index in [4.69, 9.17) is 9.40 Å². The zero-order valence-electron chi connectivity index (χ0n) is 29.6. The first-order valence-electron chi connectivity index (χ1n) is 18.5. The lowest BCUT2D eigenvalue weighted by Crippen LogP contribution is -2.40. The Morgan fingerprint density at radius 3 is 1.66 bits per heavy atom. The van der Waals surface area contributed by atoms with Crippen LogP contribution >= 0.6 is 0 Å². The van der Waals surface area contributed by atoms with Gasteiger partial charge in [0.25, 0.3) is 0 Å². The van der Waals surface area contributed by atoms with Crippen molar-refractivity contribution in [3.05, 3.63) is 209 Å². The molecule has 9 aromatic rings. The van der Waals surface area contributed by atoms with Gasteiger partial charge in [0.05, 0.1) is 16.8 Å². The summed E-state index contributed by atoms with van der Waals surface area (Å²) in [6, 6.07) is 63.8. The van der Waals surface area contributed by atoms with Crippen LogP contribution in [0.3, 0.4) is 0 Å². The summed E-state index contributed by atoms with van der Waals surface area (Å²) in [5.41, 5.74) is 17.9. The van der Waals surface area contributed by atoms with E-state index in [1.165, 1.54) is 44.5 Å². The molecule has 0 bridgehead atoms. The van der Waals surface area contributed by atoms with Crippen molar-refractivity contribution in [2.75, 3.05) is 0 Å². The van der Waals surface area contributed by atoms with Gasteiger partial charge in [-0.25, -0.2) is 4.98 Å². The Hall–Kier alpha value is -6.51. The highest BCUT2D eigenvalue weighted by Gasteiger charge is 2.53. The van der Waals surface area contributed by atoms with Gasteiger partial charge in [-0.05, 0) is 86.0 Å². The fourth-order valence-corrected chi connectivity index (χ4v) is 9.60. The average Bonchev–Trinajstić information content (AvgIpc) is 3.74. The van der Waals surface area contributed by atoms with Gasteiger partial charge >= 0.3 is 0 Å². The predicted molar refractivity (Wildman–Crippen MR) is 217 cm³/mol. The van der Waals surface area contributed by atoms with Crippen molar-refractivity contribution >= 4 is 21.9 Å². The fraction of sp³-hybridized carbons (Fsp3) is 0.0784. The summed E-state index contributed by atoms with van der Waals surface area (Å²) in [7, 11) is 0. The van der Waals surface area contributed by atoms with Crippen LogP contribution in [0.5, 0.6) is 0 Å². The molecule has 0 saturated heterocycles. The molecule has 0 N–H and O–H groups in total. The molecule has 0 unspecified atom stereocenters. The number of pyridine rings is 1. The maximum Gasteiger partial charge on any atom is 0.136 e. The minimum Gasteiger partial charge on any atom is -0.456 e. The number of hydrogen-bond acceptors (Lipinski definition) is 2. The van der Waals surface area contributed by atoms with Crippen LogP contribution in [-0.2, 0) is 10.8 Å². The maximum atomic E-state index is 6.92. The maximum absolute atomic E-state index is 6.92. The number of aromatic nitrogens is 1. The number of fused-ring (bicyclic) bond motifs is 12. The molecule has 2 aromatic heterocycles. The second kappa shape index (κ2) is 11.0. The van der Waals surface area contributed by atoms with Crippen LogP contribution in [0.1, 0.15) is 47.2 Å². The SMILES string of the molecule is CC1(C)c2ccccc2C2(c3ccccc3-c3ccccc32)c2cc3oc4cccc(-c5cc(-c6ccccc6)cc(-c6ccccc6)n5)c4c3cc21. The molecule has 2 heteroatoms. The van der Waals surface area contributed by atoms with E-state index in [0.717, 1.165) is 55.6 Å². The zero-order valence-corrected chi connectivity index (χ0v) is 29.6.